The van der Waals surface area contributed by atoms with E-state index in [-0.39, 0.29) is 5.04 Å². The van der Waals surface area contributed by atoms with Crippen LogP contribution in [0.4, 0.5) is 0 Å². The lowest BCUT2D eigenvalue weighted by molar-refractivity contribution is 0.286. The molecule has 2 nitrogen and oxygen atoms in total. The van der Waals surface area contributed by atoms with E-state index >= 15 is 0 Å². The lowest BCUT2D eigenvalue weighted by Crippen LogP contribution is -2.66. The number of hydrogen-bond donors (Lipinski definition) is 1. The van der Waals surface area contributed by atoms with Crippen LogP contribution in [0.5, 0.6) is 0 Å². The highest BCUT2D eigenvalue weighted by Gasteiger charge is 2.49. The molecule has 2 rings (SSSR count). The van der Waals surface area contributed by atoms with Gasteiger partial charge in [-0.2, -0.15) is 0 Å². The quantitative estimate of drug-likeness (QED) is 0.188. The van der Waals surface area contributed by atoms with Crippen molar-refractivity contribution < 1.29 is 4.43 Å². The van der Waals surface area contributed by atoms with Gasteiger partial charge in [-0.05, 0) is 60.5 Å². The number of rotatable bonds is 15. The molecule has 2 aromatic carbocycles. The van der Waals surface area contributed by atoms with Gasteiger partial charge in [0.15, 0.2) is 0 Å². The zero-order chi connectivity index (χ0) is 23.1. The van der Waals surface area contributed by atoms with E-state index in [9.17, 15) is 0 Å². The fourth-order valence-corrected chi connectivity index (χ4v) is 9.13. The standard InChI is InChI=1S/C29H45NOSi/c1-29(2,3)32(27-21-15-13-16-22-27,28-23-17-14-18-24-28)31-26-20-12-10-8-6-4-5-7-9-11-19-25-30/h5,7,13-18,21-24H,4,6,8-12,19-20,25-26,30H2,1-3H3/b7-5-. The Kier molecular flexibility index (Phi) is 12.0. The Bertz CT molecular complexity index is 712. The molecule has 0 unspecified atom stereocenters. The van der Waals surface area contributed by atoms with E-state index in [4.69, 9.17) is 10.2 Å². The molecular weight excluding hydrogens is 406 g/mol. The van der Waals surface area contributed by atoms with Crippen LogP contribution in [0, 0.1) is 0 Å². The summed E-state index contributed by atoms with van der Waals surface area (Å²) in [6.07, 6.45) is 15.7. The Morgan fingerprint density at radius 2 is 1.16 bits per heavy atom. The average Bonchev–Trinajstić information content (AvgIpc) is 2.80. The van der Waals surface area contributed by atoms with Crippen LogP contribution < -0.4 is 16.1 Å². The largest absolute Gasteiger partial charge is 0.407 e. The molecule has 0 aliphatic rings. The number of benzene rings is 2. The minimum absolute atomic E-state index is 0.0617. The lowest BCUT2D eigenvalue weighted by atomic mass is 10.1. The number of unbranched alkanes of at least 4 members (excludes halogenated alkanes) is 7. The summed E-state index contributed by atoms with van der Waals surface area (Å²) in [5, 5.41) is 2.81. The Morgan fingerprint density at radius 3 is 1.66 bits per heavy atom. The van der Waals surface area contributed by atoms with Gasteiger partial charge in [0.05, 0.1) is 0 Å². The van der Waals surface area contributed by atoms with Crippen molar-refractivity contribution in [2.45, 2.75) is 83.6 Å². The monoisotopic (exact) mass is 451 g/mol. The van der Waals surface area contributed by atoms with Crippen LogP contribution in [-0.2, 0) is 4.43 Å². The summed E-state index contributed by atoms with van der Waals surface area (Å²) in [5.74, 6) is 0. The van der Waals surface area contributed by atoms with Crippen molar-refractivity contribution in [1.29, 1.82) is 0 Å². The molecule has 0 amide bonds. The van der Waals surface area contributed by atoms with Gasteiger partial charge in [0, 0.05) is 6.61 Å². The summed E-state index contributed by atoms with van der Waals surface area (Å²) in [4.78, 5) is 0. The summed E-state index contributed by atoms with van der Waals surface area (Å²) < 4.78 is 6.98. The average molecular weight is 452 g/mol. The molecule has 0 aliphatic carbocycles. The van der Waals surface area contributed by atoms with Crippen LogP contribution in [0.25, 0.3) is 0 Å². The van der Waals surface area contributed by atoms with E-state index in [1.165, 1.54) is 55.3 Å². The first-order chi connectivity index (χ1) is 15.5. The molecule has 0 aromatic heterocycles. The minimum Gasteiger partial charge on any atom is -0.407 e. The third kappa shape index (κ3) is 8.02. The van der Waals surface area contributed by atoms with Crippen LogP contribution in [0.2, 0.25) is 5.04 Å². The van der Waals surface area contributed by atoms with Crippen LogP contribution in [0.1, 0.15) is 78.6 Å². The maximum atomic E-state index is 6.98. The van der Waals surface area contributed by atoms with E-state index in [2.05, 4.69) is 93.6 Å². The van der Waals surface area contributed by atoms with Gasteiger partial charge >= 0.3 is 0 Å². The third-order valence-corrected chi connectivity index (χ3v) is 11.3. The molecule has 0 heterocycles. The Hall–Kier alpha value is -1.68. The van der Waals surface area contributed by atoms with Gasteiger partial charge < -0.3 is 10.2 Å². The fourth-order valence-electron chi connectivity index (χ4n) is 4.52. The van der Waals surface area contributed by atoms with Crippen molar-refractivity contribution in [3.8, 4) is 0 Å². The molecule has 0 saturated carbocycles. The normalized spacial score (nSPS) is 12.5. The summed E-state index contributed by atoms with van der Waals surface area (Å²) in [7, 11) is -2.37. The van der Waals surface area contributed by atoms with Gasteiger partial charge in [0.25, 0.3) is 8.32 Å². The summed E-state index contributed by atoms with van der Waals surface area (Å²) in [6.45, 7) is 8.70. The first-order valence-corrected chi connectivity index (χ1v) is 14.5. The van der Waals surface area contributed by atoms with Crippen molar-refractivity contribution in [3.63, 3.8) is 0 Å². The van der Waals surface area contributed by atoms with Crippen molar-refractivity contribution in [2.75, 3.05) is 13.2 Å². The molecule has 0 radical (unpaired) electrons. The first-order valence-electron chi connectivity index (χ1n) is 12.6. The highest BCUT2D eigenvalue weighted by atomic mass is 28.4. The minimum atomic E-state index is -2.37. The molecule has 0 fully saturated rings. The molecule has 3 heteroatoms. The smallest absolute Gasteiger partial charge is 0.261 e. The maximum absolute atomic E-state index is 6.98. The zero-order valence-electron chi connectivity index (χ0n) is 20.7. The van der Waals surface area contributed by atoms with Gasteiger partial charge in [0.1, 0.15) is 0 Å². The summed E-state index contributed by atoms with van der Waals surface area (Å²) >= 11 is 0. The second-order valence-corrected chi connectivity index (χ2v) is 14.1. The predicted molar refractivity (Wildman–Crippen MR) is 143 cm³/mol. The van der Waals surface area contributed by atoms with E-state index in [0.717, 1.165) is 26.0 Å². The Balaban J connectivity index is 1.86. The number of nitrogens with two attached hydrogens (primary N) is 1. The van der Waals surface area contributed by atoms with Crippen LogP contribution in [0.15, 0.2) is 72.8 Å². The van der Waals surface area contributed by atoms with Gasteiger partial charge in [0.2, 0.25) is 0 Å². The third-order valence-electron chi connectivity index (χ3n) is 6.24. The summed E-state index contributed by atoms with van der Waals surface area (Å²) in [5.41, 5.74) is 5.53. The second-order valence-electron chi connectivity index (χ2n) is 9.82. The van der Waals surface area contributed by atoms with Gasteiger partial charge in [-0.15, -0.1) is 0 Å². The van der Waals surface area contributed by atoms with Gasteiger partial charge in [-0.1, -0.05) is 113 Å². The van der Waals surface area contributed by atoms with E-state index in [0.29, 0.717) is 0 Å². The topological polar surface area (TPSA) is 35.2 Å². The highest BCUT2D eigenvalue weighted by Crippen LogP contribution is 2.36. The zero-order valence-corrected chi connectivity index (χ0v) is 21.7. The highest BCUT2D eigenvalue weighted by molar-refractivity contribution is 6.99. The van der Waals surface area contributed by atoms with Crippen molar-refractivity contribution >= 4 is 18.7 Å². The molecule has 0 saturated heterocycles. The molecule has 176 valence electrons. The predicted octanol–water partition coefficient (Wildman–Crippen LogP) is 6.59. The Morgan fingerprint density at radius 1 is 0.688 bits per heavy atom. The van der Waals surface area contributed by atoms with Gasteiger partial charge in [-0.25, -0.2) is 0 Å². The molecule has 0 bridgehead atoms. The van der Waals surface area contributed by atoms with Crippen molar-refractivity contribution in [3.05, 3.63) is 72.8 Å². The molecule has 0 atom stereocenters. The molecular formula is C29H45NOSi. The Labute approximate surface area is 198 Å². The molecule has 32 heavy (non-hydrogen) atoms. The van der Waals surface area contributed by atoms with Crippen LogP contribution >= 0.6 is 0 Å². The lowest BCUT2D eigenvalue weighted by Gasteiger charge is -2.43. The summed E-state index contributed by atoms with van der Waals surface area (Å²) in [6, 6.07) is 21.9. The number of allylic oxidation sites excluding steroid dienone is 2. The van der Waals surface area contributed by atoms with Crippen LogP contribution in [0.3, 0.4) is 0 Å². The molecule has 0 aliphatic heterocycles. The van der Waals surface area contributed by atoms with E-state index < -0.39 is 8.32 Å². The van der Waals surface area contributed by atoms with Crippen LogP contribution in [-0.4, -0.2) is 21.5 Å². The first kappa shape index (κ1) is 26.6. The fraction of sp³-hybridized carbons (Fsp3) is 0.517. The second kappa shape index (κ2) is 14.5. The van der Waals surface area contributed by atoms with Crippen molar-refractivity contribution in [1.82, 2.24) is 0 Å². The molecule has 2 N–H and O–H groups in total. The molecule has 0 spiro atoms. The maximum Gasteiger partial charge on any atom is 0.261 e. The van der Waals surface area contributed by atoms with E-state index in [1.54, 1.807) is 0 Å². The van der Waals surface area contributed by atoms with E-state index in [1.807, 2.05) is 0 Å². The SMILES string of the molecule is CC(C)(C)[Si](OCCCCCCC/C=C\CCCCN)(c1ccccc1)c1ccccc1. The van der Waals surface area contributed by atoms with Crippen molar-refractivity contribution in [2.24, 2.45) is 5.73 Å². The number of hydrogen-bond acceptors (Lipinski definition) is 2. The van der Waals surface area contributed by atoms with Gasteiger partial charge in [-0.3, -0.25) is 0 Å². The molecule has 2 aromatic rings.